The Bertz CT molecular complexity index is 4670. The second kappa shape index (κ2) is 14.3. The molecule has 69 heavy (non-hydrogen) atoms. The van der Waals surface area contributed by atoms with Crippen LogP contribution in [0.25, 0.3) is 144 Å². The summed E-state index contributed by atoms with van der Waals surface area (Å²) in [4.78, 5) is 4.52. The standard InChI is InChI=1S/C62H32N4OS2/c1-64-54-52(35-16-4-2-5-17-35)47(34-63)55(66-57-42(29-32-45-39-22-10-14-26-50(39)68-61(45)57)43-30-33-46-40-23-11-15-27-51(40)69-62(46)58(43)66)59(53(54)36-18-6-3-7-19-36)65-48-24-12-8-20-37(48)41-28-31-44-38-21-9-13-25-49(38)67-60(44)56(41)65/h2-33H. The highest BCUT2D eigenvalue weighted by atomic mass is 32.1. The fourth-order valence-electron chi connectivity index (χ4n) is 11.4. The minimum atomic E-state index is 0.408. The molecule has 0 fully saturated rings. The van der Waals surface area contributed by atoms with E-state index in [1.807, 2.05) is 60.7 Å². The van der Waals surface area contributed by atoms with E-state index in [0.717, 1.165) is 108 Å². The molecule has 318 valence electrons. The minimum Gasteiger partial charge on any atom is -0.454 e. The Hall–Kier alpha value is -8.98. The second-order valence-electron chi connectivity index (χ2n) is 17.6. The normalized spacial score (nSPS) is 12.0. The average Bonchev–Trinajstić information content (AvgIpc) is 4.23. The maximum absolute atomic E-state index is 12.3. The molecule has 15 rings (SSSR count). The predicted molar refractivity (Wildman–Crippen MR) is 290 cm³/mol. The first-order chi connectivity index (χ1) is 34.2. The van der Waals surface area contributed by atoms with Gasteiger partial charge in [0.25, 0.3) is 0 Å². The zero-order chi connectivity index (χ0) is 45.5. The van der Waals surface area contributed by atoms with Gasteiger partial charge < -0.3 is 13.6 Å². The Morgan fingerprint density at radius 2 is 0.928 bits per heavy atom. The van der Waals surface area contributed by atoms with Crippen LogP contribution in [-0.2, 0) is 0 Å². The molecule has 0 N–H and O–H groups in total. The van der Waals surface area contributed by atoms with Crippen LogP contribution in [-0.4, -0.2) is 9.13 Å². The van der Waals surface area contributed by atoms with Crippen LogP contribution in [0.3, 0.4) is 0 Å². The summed E-state index contributed by atoms with van der Waals surface area (Å²) in [6.45, 7) is 9.28. The molecule has 0 aliphatic heterocycles. The van der Waals surface area contributed by atoms with Crippen LogP contribution >= 0.6 is 22.7 Å². The summed E-state index contributed by atoms with van der Waals surface area (Å²) in [6.07, 6.45) is 0. The van der Waals surface area contributed by atoms with Gasteiger partial charge in [0.1, 0.15) is 11.7 Å². The summed E-state index contributed by atoms with van der Waals surface area (Å²) in [6, 6.07) is 70.7. The Morgan fingerprint density at radius 3 is 1.54 bits per heavy atom. The lowest BCUT2D eigenvalue weighted by Crippen LogP contribution is -2.10. The van der Waals surface area contributed by atoms with E-state index < -0.39 is 0 Å². The lowest BCUT2D eigenvalue weighted by atomic mass is 9.88. The molecule has 0 saturated heterocycles. The van der Waals surface area contributed by atoms with Crippen LogP contribution in [0.4, 0.5) is 5.69 Å². The fourth-order valence-corrected chi connectivity index (χ4v) is 13.8. The van der Waals surface area contributed by atoms with Gasteiger partial charge in [0.05, 0.1) is 55.0 Å². The summed E-state index contributed by atoms with van der Waals surface area (Å²) in [5.41, 5.74) is 10.6. The second-order valence-corrected chi connectivity index (χ2v) is 19.7. The van der Waals surface area contributed by atoms with E-state index in [0.29, 0.717) is 22.5 Å². The molecule has 0 aliphatic carbocycles. The molecule has 0 saturated carbocycles. The van der Waals surface area contributed by atoms with Crippen molar-refractivity contribution in [3.63, 3.8) is 0 Å². The summed E-state index contributed by atoms with van der Waals surface area (Å²) in [5.74, 6) is 0. The van der Waals surface area contributed by atoms with E-state index in [9.17, 15) is 11.8 Å². The highest BCUT2D eigenvalue weighted by Crippen LogP contribution is 2.55. The van der Waals surface area contributed by atoms with Crippen molar-refractivity contribution < 1.29 is 4.42 Å². The van der Waals surface area contributed by atoms with Crippen LogP contribution in [0, 0.1) is 17.9 Å². The maximum atomic E-state index is 12.3. The molecule has 5 heterocycles. The topological polar surface area (TPSA) is 51.1 Å². The Kier molecular flexibility index (Phi) is 7.89. The number of hydrogen-bond acceptors (Lipinski definition) is 4. The molecular formula is C62H32N4OS2. The lowest BCUT2D eigenvalue weighted by molar-refractivity contribution is 0.671. The molecule has 0 atom stereocenters. The molecular weight excluding hydrogens is 881 g/mol. The number of nitriles is 1. The van der Waals surface area contributed by atoms with Gasteiger partial charge in [-0.15, -0.1) is 22.7 Å². The van der Waals surface area contributed by atoms with Crippen molar-refractivity contribution in [1.29, 1.82) is 5.26 Å². The number of rotatable bonds is 4. The summed E-state index contributed by atoms with van der Waals surface area (Å²) in [5, 5.41) is 23.2. The van der Waals surface area contributed by atoms with Crippen LogP contribution in [0.1, 0.15) is 5.56 Å². The largest absolute Gasteiger partial charge is 0.454 e. The van der Waals surface area contributed by atoms with E-state index in [1.165, 1.54) is 20.2 Å². The van der Waals surface area contributed by atoms with Gasteiger partial charge in [-0.2, -0.15) is 5.26 Å². The first-order valence-electron chi connectivity index (χ1n) is 22.9. The van der Waals surface area contributed by atoms with Crippen molar-refractivity contribution in [3.05, 3.63) is 211 Å². The first-order valence-corrected chi connectivity index (χ1v) is 24.5. The van der Waals surface area contributed by atoms with Crippen LogP contribution in [0.5, 0.6) is 0 Å². The van der Waals surface area contributed by atoms with Gasteiger partial charge in [0, 0.05) is 74.4 Å². The molecule has 0 unspecified atom stereocenters. The third kappa shape index (κ3) is 5.10. The van der Waals surface area contributed by atoms with E-state index in [4.69, 9.17) is 4.42 Å². The Labute approximate surface area is 401 Å². The number of nitrogens with zero attached hydrogens (tertiary/aromatic N) is 4. The van der Waals surface area contributed by atoms with E-state index in [-0.39, 0.29) is 0 Å². The van der Waals surface area contributed by atoms with Crippen molar-refractivity contribution in [1.82, 2.24) is 9.13 Å². The number of benzene rings is 10. The molecule has 0 amide bonds. The number of hydrogen-bond donors (Lipinski definition) is 0. The van der Waals surface area contributed by atoms with E-state index >= 15 is 0 Å². The zero-order valence-corrected chi connectivity index (χ0v) is 38.1. The first kappa shape index (κ1) is 38.2. The van der Waals surface area contributed by atoms with Crippen molar-refractivity contribution in [3.8, 4) is 39.7 Å². The number of aromatic nitrogens is 2. The number of para-hydroxylation sites is 2. The van der Waals surface area contributed by atoms with Crippen molar-refractivity contribution in [2.24, 2.45) is 0 Å². The average molecular weight is 913 g/mol. The molecule has 5 aromatic heterocycles. The van der Waals surface area contributed by atoms with Gasteiger partial charge in [0.2, 0.25) is 5.69 Å². The smallest absolute Gasteiger partial charge is 0.206 e. The van der Waals surface area contributed by atoms with E-state index in [2.05, 4.69) is 154 Å². The quantitative estimate of drug-likeness (QED) is 0.165. The fraction of sp³-hybridized carbons (Fsp3) is 0. The SMILES string of the molecule is [C-]#[N+]c1c(-c2ccccc2)c(C#N)c(-n2c3c(ccc4c5ccccc5sc43)c3ccc4c5ccccc5sc4c32)c(-n2c3ccccc3c3ccc4c5ccccc5oc4c32)c1-c1ccccc1. The molecule has 15 aromatic rings. The molecule has 0 aliphatic rings. The molecule has 0 radical (unpaired) electrons. The molecule has 10 aromatic carbocycles. The Morgan fingerprint density at radius 1 is 0.435 bits per heavy atom. The number of furan rings is 1. The van der Waals surface area contributed by atoms with Crippen molar-refractivity contribution in [2.45, 2.75) is 0 Å². The predicted octanol–water partition coefficient (Wildman–Crippen LogP) is 18.3. The van der Waals surface area contributed by atoms with Gasteiger partial charge in [-0.3, -0.25) is 0 Å². The lowest BCUT2D eigenvalue weighted by Gasteiger charge is -2.26. The third-order valence-electron chi connectivity index (χ3n) is 14.2. The van der Waals surface area contributed by atoms with Crippen LogP contribution < -0.4 is 0 Å². The summed E-state index contributed by atoms with van der Waals surface area (Å²) < 4.78 is 16.4. The van der Waals surface area contributed by atoms with Crippen LogP contribution in [0.15, 0.2) is 199 Å². The number of thiophene rings is 2. The van der Waals surface area contributed by atoms with E-state index in [1.54, 1.807) is 22.7 Å². The van der Waals surface area contributed by atoms with Gasteiger partial charge in [-0.05, 0) is 41.5 Å². The highest BCUT2D eigenvalue weighted by molar-refractivity contribution is 7.27. The van der Waals surface area contributed by atoms with Crippen molar-refractivity contribution >= 4 is 134 Å². The third-order valence-corrected chi connectivity index (χ3v) is 16.6. The minimum absolute atomic E-state index is 0.408. The van der Waals surface area contributed by atoms with Gasteiger partial charge >= 0.3 is 0 Å². The molecule has 0 spiro atoms. The molecule has 5 nitrogen and oxygen atoms in total. The van der Waals surface area contributed by atoms with Gasteiger partial charge in [-0.1, -0.05) is 164 Å². The number of fused-ring (bicyclic) bond motifs is 18. The van der Waals surface area contributed by atoms with Crippen LogP contribution in [0.2, 0.25) is 0 Å². The molecule has 0 bridgehead atoms. The zero-order valence-electron chi connectivity index (χ0n) is 36.5. The molecule has 7 heteroatoms. The summed E-state index contributed by atoms with van der Waals surface area (Å²) >= 11 is 3.58. The van der Waals surface area contributed by atoms with Crippen molar-refractivity contribution in [2.75, 3.05) is 0 Å². The Balaban J connectivity index is 1.29. The van der Waals surface area contributed by atoms with Gasteiger partial charge in [0.15, 0.2) is 5.58 Å². The maximum Gasteiger partial charge on any atom is 0.206 e. The monoisotopic (exact) mass is 912 g/mol. The highest BCUT2D eigenvalue weighted by Gasteiger charge is 2.34. The summed E-state index contributed by atoms with van der Waals surface area (Å²) in [7, 11) is 0. The van der Waals surface area contributed by atoms with Gasteiger partial charge in [-0.25, -0.2) is 4.85 Å².